The number of halogens is 1. The van der Waals surface area contributed by atoms with E-state index in [1.807, 2.05) is 67.6 Å². The number of benzene rings is 3. The predicted molar refractivity (Wildman–Crippen MR) is 161 cm³/mol. The van der Waals surface area contributed by atoms with Gasteiger partial charge in [0.2, 0.25) is 0 Å². The third kappa shape index (κ3) is 7.48. The largest absolute Gasteiger partial charge is 0.507 e. The Morgan fingerprint density at radius 2 is 1.59 bits per heavy atom. The molecule has 0 fully saturated rings. The van der Waals surface area contributed by atoms with Crippen LogP contribution in [0.4, 0.5) is 0 Å². The smallest absolute Gasteiger partial charge is 0.251 e. The van der Waals surface area contributed by atoms with Gasteiger partial charge < -0.3 is 15.7 Å². The first-order valence-corrected chi connectivity index (χ1v) is 13.8. The molecule has 1 heterocycles. The van der Waals surface area contributed by atoms with E-state index in [-0.39, 0.29) is 11.7 Å². The van der Waals surface area contributed by atoms with Gasteiger partial charge in [0.25, 0.3) is 5.91 Å². The molecule has 4 rings (SSSR count). The number of phenols is 1. The van der Waals surface area contributed by atoms with Gasteiger partial charge in [0.05, 0.1) is 16.4 Å². The fraction of sp³-hybridized carbons (Fsp3) is 0.188. The van der Waals surface area contributed by atoms with Crippen molar-refractivity contribution < 1.29 is 9.90 Å². The molecule has 4 aromatic rings. The Labute approximate surface area is 238 Å². The number of phenolic OH excluding ortho intramolecular Hbond substituents is 1. The van der Waals surface area contributed by atoms with Crippen molar-refractivity contribution in [1.82, 2.24) is 20.4 Å². The monoisotopic (exact) mass is 584 g/mol. The molecule has 3 N–H and O–H groups in total. The molecule has 1 aromatic heterocycles. The van der Waals surface area contributed by atoms with Crippen LogP contribution in [-0.2, 0) is 6.42 Å². The summed E-state index contributed by atoms with van der Waals surface area (Å²) in [6.07, 6.45) is 6.01. The van der Waals surface area contributed by atoms with Crippen molar-refractivity contribution in [3.05, 3.63) is 130 Å². The third-order valence-electron chi connectivity index (χ3n) is 6.43. The van der Waals surface area contributed by atoms with Crippen LogP contribution in [0.5, 0.6) is 5.75 Å². The van der Waals surface area contributed by atoms with Crippen LogP contribution in [0.3, 0.4) is 0 Å². The number of hydrogen-bond acceptors (Lipinski definition) is 4. The molecule has 1 amide bonds. The molecule has 200 valence electrons. The van der Waals surface area contributed by atoms with Crippen LogP contribution in [0.15, 0.2) is 102 Å². The minimum Gasteiger partial charge on any atom is -0.507 e. The van der Waals surface area contributed by atoms with E-state index < -0.39 is 0 Å². The van der Waals surface area contributed by atoms with Crippen LogP contribution in [0, 0.1) is 6.92 Å². The fourth-order valence-corrected chi connectivity index (χ4v) is 4.54. The van der Waals surface area contributed by atoms with Crippen LogP contribution in [-0.4, -0.2) is 33.9 Å². The van der Waals surface area contributed by atoms with Crippen LogP contribution >= 0.6 is 15.9 Å². The van der Waals surface area contributed by atoms with Gasteiger partial charge >= 0.3 is 0 Å². The molecule has 0 saturated heterocycles. The van der Waals surface area contributed by atoms with Crippen molar-refractivity contribution in [3.63, 3.8) is 0 Å². The average Bonchev–Trinajstić information content (AvgIpc) is 3.28. The normalized spacial score (nSPS) is 11.3. The molecule has 0 radical (unpaired) electrons. The highest BCUT2D eigenvalue weighted by Gasteiger charge is 2.12. The number of para-hydroxylation sites is 1. The number of carbonyl (C=O) groups is 1. The summed E-state index contributed by atoms with van der Waals surface area (Å²) in [4.78, 5) is 12.9. The summed E-state index contributed by atoms with van der Waals surface area (Å²) in [7, 11) is 0. The van der Waals surface area contributed by atoms with Gasteiger partial charge in [0, 0.05) is 24.2 Å². The lowest BCUT2D eigenvalue weighted by atomic mass is 9.99. The Balaban J connectivity index is 1.32. The highest BCUT2D eigenvalue weighted by atomic mass is 79.9. The van der Waals surface area contributed by atoms with Gasteiger partial charge in [0.1, 0.15) is 11.6 Å². The molecule has 0 unspecified atom stereocenters. The number of nitrogens with zero attached hydrogens (tertiary/aromatic N) is 2. The lowest BCUT2D eigenvalue weighted by molar-refractivity contribution is 0.0952. The first kappa shape index (κ1) is 27.9. The van der Waals surface area contributed by atoms with Crippen LogP contribution in [0.2, 0.25) is 0 Å². The highest BCUT2D eigenvalue weighted by molar-refractivity contribution is 9.10. The summed E-state index contributed by atoms with van der Waals surface area (Å²) in [6.45, 7) is 7.38. The maximum Gasteiger partial charge on any atom is 0.251 e. The fourth-order valence-electron chi connectivity index (χ4n) is 4.28. The molecule has 0 aliphatic rings. The van der Waals surface area contributed by atoms with Crippen molar-refractivity contribution in [3.8, 4) is 5.75 Å². The van der Waals surface area contributed by atoms with E-state index in [4.69, 9.17) is 0 Å². The van der Waals surface area contributed by atoms with E-state index >= 15 is 0 Å². The second kappa shape index (κ2) is 13.6. The number of allylic oxidation sites excluding steroid dienone is 2. The van der Waals surface area contributed by atoms with Crippen molar-refractivity contribution in [2.45, 2.75) is 26.2 Å². The number of amides is 1. The molecule has 0 spiro atoms. The van der Waals surface area contributed by atoms with Crippen molar-refractivity contribution in [2.24, 2.45) is 0 Å². The summed E-state index contributed by atoms with van der Waals surface area (Å²) in [5, 5.41) is 21.2. The van der Waals surface area contributed by atoms with E-state index in [2.05, 4.69) is 50.4 Å². The molecule has 0 saturated carbocycles. The van der Waals surface area contributed by atoms with Crippen molar-refractivity contribution >= 4 is 33.2 Å². The number of aromatic nitrogens is 2. The van der Waals surface area contributed by atoms with E-state index in [0.29, 0.717) is 29.8 Å². The third-order valence-corrected chi connectivity index (χ3v) is 7.21. The molecule has 0 bridgehead atoms. The minimum absolute atomic E-state index is 0.0499. The van der Waals surface area contributed by atoms with Gasteiger partial charge in [0.15, 0.2) is 0 Å². The molecule has 7 heteroatoms. The Morgan fingerprint density at radius 3 is 2.28 bits per heavy atom. The number of rotatable bonds is 12. The Morgan fingerprint density at radius 1 is 0.949 bits per heavy atom. The lowest BCUT2D eigenvalue weighted by Crippen LogP contribution is -2.26. The molecule has 0 aliphatic carbocycles. The number of aromatic hydroxyl groups is 1. The van der Waals surface area contributed by atoms with Crippen LogP contribution < -0.4 is 10.6 Å². The van der Waals surface area contributed by atoms with Gasteiger partial charge in [-0.1, -0.05) is 73.3 Å². The maximum atomic E-state index is 12.9. The first-order chi connectivity index (χ1) is 18.9. The van der Waals surface area contributed by atoms with Crippen LogP contribution in [0.1, 0.15) is 45.6 Å². The second-order valence-corrected chi connectivity index (χ2v) is 10.1. The number of unbranched alkanes of at least 4 members (excludes halogenated alkanes) is 1. The Hall–Kier alpha value is -4.10. The molecular formula is C32H33BrN4O2. The zero-order valence-corrected chi connectivity index (χ0v) is 23.6. The van der Waals surface area contributed by atoms with Gasteiger partial charge in [-0.3, -0.25) is 4.79 Å². The topological polar surface area (TPSA) is 79.2 Å². The second-order valence-electron chi connectivity index (χ2n) is 9.27. The van der Waals surface area contributed by atoms with Crippen molar-refractivity contribution in [1.29, 1.82) is 0 Å². The van der Waals surface area contributed by atoms with Crippen molar-refractivity contribution in [2.75, 3.05) is 13.1 Å². The van der Waals surface area contributed by atoms with E-state index in [9.17, 15) is 9.90 Å². The summed E-state index contributed by atoms with van der Waals surface area (Å²) in [5.74, 6) is 0.883. The summed E-state index contributed by atoms with van der Waals surface area (Å²) >= 11 is 3.52. The molecule has 39 heavy (non-hydrogen) atoms. The minimum atomic E-state index is -0.0499. The highest BCUT2D eigenvalue weighted by Crippen LogP contribution is 2.26. The van der Waals surface area contributed by atoms with Gasteiger partial charge in [-0.15, -0.1) is 0 Å². The summed E-state index contributed by atoms with van der Waals surface area (Å²) < 4.78 is 2.71. The molecule has 3 aromatic carbocycles. The van der Waals surface area contributed by atoms with Gasteiger partial charge in [-0.25, -0.2) is 4.68 Å². The maximum absolute atomic E-state index is 12.9. The first-order valence-electron chi connectivity index (χ1n) is 13.0. The Bertz CT molecular complexity index is 1460. The van der Waals surface area contributed by atoms with E-state index in [0.717, 1.165) is 40.8 Å². The van der Waals surface area contributed by atoms with Gasteiger partial charge in [-0.2, -0.15) is 5.10 Å². The zero-order valence-electron chi connectivity index (χ0n) is 22.0. The molecule has 0 atom stereocenters. The summed E-state index contributed by atoms with van der Waals surface area (Å²) in [6, 6.07) is 25.1. The standard InChI is InChI=1S/C32H33BrN4O2/c1-23(27-15-8-9-17-30(27)38)20-31(37-24(2)29(33)22-36-37)34-18-10-11-19-35-32(39)28-16-7-6-14-26(28)21-25-12-4-3-5-13-25/h3-9,12-17,20,22,34,38H,1,10-11,18-19,21H2,2H3,(H,35,39)/b31-20-. The number of hydrogen-bond donors (Lipinski definition) is 3. The lowest BCUT2D eigenvalue weighted by Gasteiger charge is -2.15. The number of nitrogens with one attached hydrogen (secondary N) is 2. The quantitative estimate of drug-likeness (QED) is 0.130. The predicted octanol–water partition coefficient (Wildman–Crippen LogP) is 6.56. The van der Waals surface area contributed by atoms with Gasteiger partial charge in [-0.05, 0) is 77.0 Å². The SMILES string of the molecule is C=C(/C=C(/NCCCCNC(=O)c1ccccc1Cc1ccccc1)n1ncc(Br)c1C)c1ccccc1O. The molecule has 6 nitrogen and oxygen atoms in total. The zero-order chi connectivity index (χ0) is 27.6. The summed E-state index contributed by atoms with van der Waals surface area (Å²) in [5.41, 5.74) is 5.19. The average molecular weight is 586 g/mol. The Kier molecular flexibility index (Phi) is 9.75. The molecular weight excluding hydrogens is 552 g/mol. The van der Waals surface area contributed by atoms with Crippen LogP contribution in [0.25, 0.3) is 11.4 Å². The number of carbonyl (C=O) groups excluding carboxylic acids is 1. The van der Waals surface area contributed by atoms with E-state index in [1.54, 1.807) is 23.0 Å². The van der Waals surface area contributed by atoms with E-state index in [1.165, 1.54) is 5.56 Å². The molecule has 0 aliphatic heterocycles.